The molecule has 0 aliphatic heterocycles. The summed E-state index contributed by atoms with van der Waals surface area (Å²) in [5.74, 6) is 1.36. The van der Waals surface area contributed by atoms with Gasteiger partial charge in [-0.15, -0.1) is 10.2 Å². The molecule has 0 aliphatic rings. The number of benzene rings is 2. The number of thioether (sulfide) groups is 1. The third-order valence-electron chi connectivity index (χ3n) is 4.34. The van der Waals surface area contributed by atoms with Gasteiger partial charge in [0.05, 0.1) is 6.54 Å². The summed E-state index contributed by atoms with van der Waals surface area (Å²) < 4.78 is 2.02. The summed E-state index contributed by atoms with van der Waals surface area (Å²) >= 11 is 7.74. The van der Waals surface area contributed by atoms with E-state index in [2.05, 4.69) is 46.7 Å². The first kappa shape index (κ1) is 21.1. The van der Waals surface area contributed by atoms with Gasteiger partial charge in [-0.1, -0.05) is 71.4 Å². The van der Waals surface area contributed by atoms with Gasteiger partial charge < -0.3 is 9.88 Å². The van der Waals surface area contributed by atoms with E-state index < -0.39 is 0 Å². The highest BCUT2D eigenvalue weighted by Gasteiger charge is 2.12. The highest BCUT2D eigenvalue weighted by Crippen LogP contribution is 2.22. The Morgan fingerprint density at radius 3 is 2.66 bits per heavy atom. The van der Waals surface area contributed by atoms with Crippen molar-refractivity contribution in [2.75, 3.05) is 0 Å². The Morgan fingerprint density at radius 1 is 1.17 bits per heavy atom. The zero-order valence-corrected chi connectivity index (χ0v) is 18.0. The lowest BCUT2D eigenvalue weighted by Gasteiger charge is -2.08. The van der Waals surface area contributed by atoms with E-state index in [9.17, 15) is 4.79 Å². The lowest BCUT2D eigenvalue weighted by Crippen LogP contribution is -2.22. The fourth-order valence-corrected chi connectivity index (χ4v) is 3.88. The van der Waals surface area contributed by atoms with Gasteiger partial charge in [-0.05, 0) is 37.1 Å². The maximum atomic E-state index is 12.1. The largest absolute Gasteiger partial charge is 0.345 e. The van der Waals surface area contributed by atoms with Crippen molar-refractivity contribution in [3.63, 3.8) is 0 Å². The Hall–Kier alpha value is -2.57. The summed E-state index contributed by atoms with van der Waals surface area (Å²) in [6.45, 7) is 5.18. The average molecular weight is 427 g/mol. The van der Waals surface area contributed by atoms with Crippen molar-refractivity contribution >= 4 is 35.3 Å². The lowest BCUT2D eigenvalue weighted by atomic mass is 10.2. The highest BCUT2D eigenvalue weighted by atomic mass is 35.5. The van der Waals surface area contributed by atoms with Crippen molar-refractivity contribution in [3.05, 3.63) is 82.1 Å². The lowest BCUT2D eigenvalue weighted by molar-refractivity contribution is -0.116. The van der Waals surface area contributed by atoms with Crippen molar-refractivity contribution in [2.45, 2.75) is 37.8 Å². The number of aromatic nitrogens is 3. The Labute approximate surface area is 180 Å². The van der Waals surface area contributed by atoms with Crippen molar-refractivity contribution in [2.24, 2.45) is 0 Å². The molecule has 0 atom stereocenters. The van der Waals surface area contributed by atoms with Gasteiger partial charge in [0.15, 0.2) is 11.0 Å². The predicted octanol–water partition coefficient (Wildman–Crippen LogP) is 4.88. The summed E-state index contributed by atoms with van der Waals surface area (Å²) in [5.41, 5.74) is 3.29. The predicted molar refractivity (Wildman–Crippen MR) is 119 cm³/mol. The molecule has 1 N–H and O–H groups in total. The van der Waals surface area contributed by atoms with Crippen LogP contribution in [0.1, 0.15) is 29.4 Å². The number of nitrogens with zero attached hydrogens (tertiary/aromatic N) is 3. The minimum Gasteiger partial charge on any atom is -0.345 e. The van der Waals surface area contributed by atoms with Gasteiger partial charge in [0.2, 0.25) is 5.91 Å². The van der Waals surface area contributed by atoms with E-state index in [1.54, 1.807) is 23.9 Å². The minimum absolute atomic E-state index is 0.204. The smallest absolute Gasteiger partial charge is 0.244 e. The number of amides is 1. The molecule has 0 radical (unpaired) electrons. The Morgan fingerprint density at radius 2 is 1.93 bits per heavy atom. The number of halogens is 1. The molecule has 1 heterocycles. The van der Waals surface area contributed by atoms with Gasteiger partial charge in [0, 0.05) is 23.4 Å². The summed E-state index contributed by atoms with van der Waals surface area (Å²) in [5, 5.41) is 12.9. The molecule has 0 bridgehead atoms. The van der Waals surface area contributed by atoms with E-state index >= 15 is 0 Å². The van der Waals surface area contributed by atoms with Crippen molar-refractivity contribution in [3.8, 4) is 0 Å². The molecule has 5 nitrogen and oxygen atoms in total. The normalized spacial score (nSPS) is 11.1. The van der Waals surface area contributed by atoms with Crippen LogP contribution in [0, 0.1) is 6.92 Å². The second-order valence-electron chi connectivity index (χ2n) is 6.49. The second-order valence-corrected chi connectivity index (χ2v) is 7.84. The van der Waals surface area contributed by atoms with Crippen LogP contribution in [-0.2, 0) is 23.6 Å². The van der Waals surface area contributed by atoms with Gasteiger partial charge in [-0.3, -0.25) is 4.79 Å². The molecule has 29 heavy (non-hydrogen) atoms. The van der Waals surface area contributed by atoms with Crippen LogP contribution in [0.5, 0.6) is 0 Å². The van der Waals surface area contributed by atoms with Crippen LogP contribution in [0.4, 0.5) is 0 Å². The number of rotatable bonds is 8. The molecule has 3 rings (SSSR count). The van der Waals surface area contributed by atoms with E-state index in [1.807, 2.05) is 29.7 Å². The summed E-state index contributed by atoms with van der Waals surface area (Å²) in [6, 6.07) is 15.8. The first-order valence-corrected chi connectivity index (χ1v) is 10.7. The third-order valence-corrected chi connectivity index (χ3v) is 5.72. The standard InChI is InChI=1S/C22H23ClN4OS/c1-3-27-20(14-24-21(28)13-12-18-6-4-5-7-19(18)23)25-26-22(27)29-15-17-10-8-16(2)9-11-17/h4-13H,3,14-15H2,1-2H3,(H,24,28)/b13-12+. The topological polar surface area (TPSA) is 59.8 Å². The minimum atomic E-state index is -0.204. The van der Waals surface area contributed by atoms with E-state index in [0.29, 0.717) is 11.6 Å². The van der Waals surface area contributed by atoms with Crippen LogP contribution < -0.4 is 5.32 Å². The van der Waals surface area contributed by atoms with Crippen LogP contribution in [0.25, 0.3) is 6.08 Å². The van der Waals surface area contributed by atoms with Crippen LogP contribution >= 0.6 is 23.4 Å². The average Bonchev–Trinajstić information content (AvgIpc) is 3.13. The zero-order chi connectivity index (χ0) is 20.6. The molecule has 7 heteroatoms. The first-order valence-electron chi connectivity index (χ1n) is 9.37. The van der Waals surface area contributed by atoms with Crippen molar-refractivity contribution in [1.29, 1.82) is 0 Å². The van der Waals surface area contributed by atoms with Crippen LogP contribution in [-0.4, -0.2) is 20.7 Å². The Kier molecular flexibility index (Phi) is 7.49. The monoisotopic (exact) mass is 426 g/mol. The molecule has 2 aromatic carbocycles. The summed E-state index contributed by atoms with van der Waals surface area (Å²) in [6.07, 6.45) is 3.17. The third kappa shape index (κ3) is 5.95. The summed E-state index contributed by atoms with van der Waals surface area (Å²) in [4.78, 5) is 12.1. The number of hydrogen-bond donors (Lipinski definition) is 1. The number of hydrogen-bond acceptors (Lipinski definition) is 4. The Balaban J connectivity index is 1.57. The Bertz CT molecular complexity index is 998. The van der Waals surface area contributed by atoms with Crippen LogP contribution in [0.2, 0.25) is 5.02 Å². The quantitative estimate of drug-likeness (QED) is 0.412. The molecule has 0 spiro atoms. The van der Waals surface area contributed by atoms with E-state index in [4.69, 9.17) is 11.6 Å². The van der Waals surface area contributed by atoms with Gasteiger partial charge >= 0.3 is 0 Å². The molecule has 0 saturated carbocycles. The van der Waals surface area contributed by atoms with E-state index in [0.717, 1.165) is 28.8 Å². The molecule has 0 fully saturated rings. The van der Waals surface area contributed by atoms with Crippen LogP contribution in [0.15, 0.2) is 59.8 Å². The van der Waals surface area contributed by atoms with Crippen molar-refractivity contribution in [1.82, 2.24) is 20.1 Å². The second kappa shape index (κ2) is 10.3. The van der Waals surface area contributed by atoms with Gasteiger partial charge in [0.1, 0.15) is 0 Å². The number of aryl methyl sites for hydroxylation is 1. The molecule has 1 aromatic heterocycles. The molecule has 3 aromatic rings. The molecule has 150 valence electrons. The maximum Gasteiger partial charge on any atom is 0.244 e. The van der Waals surface area contributed by atoms with E-state index in [1.165, 1.54) is 17.2 Å². The molecular weight excluding hydrogens is 404 g/mol. The SMILES string of the molecule is CCn1c(CNC(=O)/C=C/c2ccccc2Cl)nnc1SCc1ccc(C)cc1. The first-order chi connectivity index (χ1) is 14.1. The molecular formula is C22H23ClN4OS. The highest BCUT2D eigenvalue weighted by molar-refractivity contribution is 7.98. The fraction of sp³-hybridized carbons (Fsp3) is 0.227. The molecule has 0 saturated heterocycles. The molecule has 0 unspecified atom stereocenters. The maximum absolute atomic E-state index is 12.1. The fourth-order valence-electron chi connectivity index (χ4n) is 2.71. The zero-order valence-electron chi connectivity index (χ0n) is 16.4. The van der Waals surface area contributed by atoms with E-state index in [-0.39, 0.29) is 5.91 Å². The molecule has 1 amide bonds. The van der Waals surface area contributed by atoms with Gasteiger partial charge in [-0.2, -0.15) is 0 Å². The summed E-state index contributed by atoms with van der Waals surface area (Å²) in [7, 11) is 0. The number of nitrogens with one attached hydrogen (secondary N) is 1. The molecule has 0 aliphatic carbocycles. The number of carbonyl (C=O) groups excluding carboxylic acids is 1. The van der Waals surface area contributed by atoms with Crippen LogP contribution in [0.3, 0.4) is 0 Å². The van der Waals surface area contributed by atoms with Gasteiger partial charge in [-0.25, -0.2) is 0 Å². The van der Waals surface area contributed by atoms with Crippen molar-refractivity contribution < 1.29 is 4.79 Å². The number of carbonyl (C=O) groups is 1. The van der Waals surface area contributed by atoms with Gasteiger partial charge in [0.25, 0.3) is 0 Å².